The summed E-state index contributed by atoms with van der Waals surface area (Å²) in [4.78, 5) is 48.9. The largest absolute Gasteiger partial charge is 0.484 e. The number of ether oxygens (including phenoxy) is 2. The van der Waals surface area contributed by atoms with Gasteiger partial charge in [-0.2, -0.15) is 0 Å². The summed E-state index contributed by atoms with van der Waals surface area (Å²) in [5.74, 6) is -0.761. The minimum atomic E-state index is -0.820. The van der Waals surface area contributed by atoms with Crippen LogP contribution in [0.3, 0.4) is 0 Å². The van der Waals surface area contributed by atoms with E-state index in [1.807, 2.05) is 13.8 Å². The third-order valence-corrected chi connectivity index (χ3v) is 4.48. The number of carbonyl (C=O) groups excluding carboxylic acids is 2. The summed E-state index contributed by atoms with van der Waals surface area (Å²) in [5, 5.41) is 0. The second-order valence-electron chi connectivity index (χ2n) is 6.10. The van der Waals surface area contributed by atoms with E-state index in [4.69, 9.17) is 4.74 Å². The standard InChI is InChI=1S/C18H18N2O6.C2H6/c1-10-7-14-16(18(24)19(10)2)12(21)8-13(26-14)11-5-4-6-20(17(11)23)9-15(22)25-3;1-2/h4-7,13H,8-9H2,1-3H3;1-2H3. The molecule has 0 radical (unpaired) electrons. The van der Waals surface area contributed by atoms with E-state index in [-0.39, 0.29) is 35.6 Å². The molecule has 3 rings (SSSR count). The third kappa shape index (κ3) is 3.90. The van der Waals surface area contributed by atoms with Crippen LogP contribution in [0, 0.1) is 6.92 Å². The van der Waals surface area contributed by atoms with Gasteiger partial charge in [-0.3, -0.25) is 19.2 Å². The number of pyridine rings is 2. The summed E-state index contributed by atoms with van der Waals surface area (Å²) in [6.07, 6.45) is 0.517. The Hall–Kier alpha value is -3.16. The minimum absolute atomic E-state index is 0.000155. The van der Waals surface area contributed by atoms with Gasteiger partial charge in [-0.15, -0.1) is 0 Å². The molecule has 0 fully saturated rings. The summed E-state index contributed by atoms with van der Waals surface area (Å²) < 4.78 is 13.0. The summed E-state index contributed by atoms with van der Waals surface area (Å²) in [7, 11) is 2.82. The van der Waals surface area contributed by atoms with Crippen molar-refractivity contribution in [2.24, 2.45) is 7.05 Å². The number of rotatable bonds is 3. The average Bonchev–Trinajstić information content (AvgIpc) is 2.68. The maximum absolute atomic E-state index is 12.6. The lowest BCUT2D eigenvalue weighted by Crippen LogP contribution is -2.35. The van der Waals surface area contributed by atoms with Crippen LogP contribution in [-0.2, 0) is 23.1 Å². The highest BCUT2D eigenvalue weighted by Crippen LogP contribution is 2.32. The molecule has 0 saturated carbocycles. The predicted octanol–water partition coefficient (Wildman–Crippen LogP) is 1.76. The average molecular weight is 388 g/mol. The number of hydrogen-bond donors (Lipinski definition) is 0. The highest BCUT2D eigenvalue weighted by Gasteiger charge is 2.32. The van der Waals surface area contributed by atoms with Crippen LogP contribution in [0.5, 0.6) is 5.75 Å². The molecule has 1 aliphatic heterocycles. The molecule has 0 aromatic carbocycles. The van der Waals surface area contributed by atoms with Crippen molar-refractivity contribution in [1.29, 1.82) is 0 Å². The lowest BCUT2D eigenvalue weighted by Gasteiger charge is -2.25. The zero-order chi connectivity index (χ0) is 21.0. The molecule has 3 heterocycles. The van der Waals surface area contributed by atoms with E-state index in [1.54, 1.807) is 32.2 Å². The van der Waals surface area contributed by atoms with Crippen LogP contribution in [0.15, 0.2) is 34.0 Å². The monoisotopic (exact) mass is 388 g/mol. The first kappa shape index (κ1) is 21.1. The number of Topliss-reactive ketones (excluding diaryl/α,β-unsaturated/α-hetero) is 1. The second kappa shape index (κ2) is 8.69. The van der Waals surface area contributed by atoms with Gasteiger partial charge in [0.2, 0.25) is 0 Å². The Labute approximate surface area is 162 Å². The smallest absolute Gasteiger partial charge is 0.325 e. The van der Waals surface area contributed by atoms with Crippen LogP contribution >= 0.6 is 0 Å². The molecule has 2 aromatic rings. The number of fused-ring (bicyclic) bond motifs is 1. The van der Waals surface area contributed by atoms with Gasteiger partial charge in [0, 0.05) is 25.0 Å². The Kier molecular flexibility index (Phi) is 6.56. The van der Waals surface area contributed by atoms with Crippen LogP contribution in [0.4, 0.5) is 0 Å². The Morgan fingerprint density at radius 3 is 2.57 bits per heavy atom. The Balaban J connectivity index is 0.00000136. The number of ketones is 1. The predicted molar refractivity (Wildman–Crippen MR) is 103 cm³/mol. The minimum Gasteiger partial charge on any atom is -0.484 e. The molecule has 0 spiro atoms. The van der Waals surface area contributed by atoms with Crippen LogP contribution in [0.2, 0.25) is 0 Å². The Morgan fingerprint density at radius 2 is 1.93 bits per heavy atom. The van der Waals surface area contributed by atoms with Gasteiger partial charge in [0.25, 0.3) is 11.1 Å². The topological polar surface area (TPSA) is 96.6 Å². The summed E-state index contributed by atoms with van der Waals surface area (Å²) in [6, 6.07) is 4.75. The number of nitrogens with zero attached hydrogens (tertiary/aromatic N) is 2. The van der Waals surface area contributed by atoms with Crippen LogP contribution in [0.1, 0.15) is 48.0 Å². The van der Waals surface area contributed by atoms with Crippen molar-refractivity contribution in [3.8, 4) is 5.75 Å². The SMILES string of the molecule is CC.COC(=O)Cn1cccc(C2CC(=O)c3c(cc(C)n(C)c3=O)O2)c1=O. The van der Waals surface area contributed by atoms with Gasteiger partial charge < -0.3 is 18.6 Å². The molecule has 0 bridgehead atoms. The molecule has 0 aliphatic carbocycles. The Bertz CT molecular complexity index is 1020. The second-order valence-corrected chi connectivity index (χ2v) is 6.10. The van der Waals surface area contributed by atoms with Crippen molar-refractivity contribution >= 4 is 11.8 Å². The van der Waals surface area contributed by atoms with Crippen molar-refractivity contribution in [3.63, 3.8) is 0 Å². The van der Waals surface area contributed by atoms with Crippen molar-refractivity contribution < 1.29 is 19.1 Å². The first-order valence-electron chi connectivity index (χ1n) is 9.00. The Morgan fingerprint density at radius 1 is 1.25 bits per heavy atom. The first-order chi connectivity index (χ1) is 13.3. The quantitative estimate of drug-likeness (QED) is 0.744. The molecule has 0 N–H and O–H groups in total. The van der Waals surface area contributed by atoms with Gasteiger partial charge in [0.15, 0.2) is 5.78 Å². The van der Waals surface area contributed by atoms with Gasteiger partial charge in [-0.1, -0.05) is 13.8 Å². The van der Waals surface area contributed by atoms with Gasteiger partial charge in [-0.05, 0) is 19.1 Å². The number of aromatic nitrogens is 2. The van der Waals surface area contributed by atoms with E-state index in [2.05, 4.69) is 4.74 Å². The fraction of sp³-hybridized carbons (Fsp3) is 0.400. The molecule has 2 aromatic heterocycles. The molecule has 1 aliphatic rings. The van der Waals surface area contributed by atoms with E-state index in [0.717, 1.165) is 0 Å². The molecule has 0 saturated heterocycles. The fourth-order valence-corrected chi connectivity index (χ4v) is 2.91. The third-order valence-electron chi connectivity index (χ3n) is 4.48. The van der Waals surface area contributed by atoms with E-state index in [0.29, 0.717) is 5.69 Å². The lowest BCUT2D eigenvalue weighted by atomic mass is 9.97. The van der Waals surface area contributed by atoms with Crippen molar-refractivity contribution in [3.05, 3.63) is 61.9 Å². The molecule has 8 nitrogen and oxygen atoms in total. The molecular formula is C20H24N2O6. The number of carbonyl (C=O) groups is 2. The zero-order valence-corrected chi connectivity index (χ0v) is 16.6. The maximum Gasteiger partial charge on any atom is 0.325 e. The highest BCUT2D eigenvalue weighted by molar-refractivity contribution is 5.99. The number of esters is 1. The van der Waals surface area contributed by atoms with E-state index >= 15 is 0 Å². The van der Waals surface area contributed by atoms with E-state index < -0.39 is 23.2 Å². The highest BCUT2D eigenvalue weighted by atomic mass is 16.5. The van der Waals surface area contributed by atoms with Crippen molar-refractivity contribution in [1.82, 2.24) is 9.13 Å². The molecule has 1 atom stereocenters. The van der Waals surface area contributed by atoms with Gasteiger partial charge in [0.05, 0.1) is 19.1 Å². The van der Waals surface area contributed by atoms with Crippen molar-refractivity contribution in [2.45, 2.75) is 39.8 Å². The maximum atomic E-state index is 12.6. The molecule has 1 unspecified atom stereocenters. The molecule has 8 heteroatoms. The van der Waals surface area contributed by atoms with Crippen LogP contribution < -0.4 is 15.9 Å². The van der Waals surface area contributed by atoms with Crippen molar-refractivity contribution in [2.75, 3.05) is 7.11 Å². The summed E-state index contributed by atoms with van der Waals surface area (Å²) in [5.41, 5.74) is 0.0200. The molecule has 0 amide bonds. The number of methoxy groups -OCH3 is 1. The normalized spacial score (nSPS) is 15.0. The van der Waals surface area contributed by atoms with E-state index in [9.17, 15) is 19.2 Å². The summed E-state index contributed by atoms with van der Waals surface area (Å²) in [6.45, 7) is 5.49. The summed E-state index contributed by atoms with van der Waals surface area (Å²) >= 11 is 0. The molecule has 28 heavy (non-hydrogen) atoms. The fourth-order valence-electron chi connectivity index (χ4n) is 2.91. The van der Waals surface area contributed by atoms with E-state index in [1.165, 1.54) is 22.4 Å². The zero-order valence-electron chi connectivity index (χ0n) is 16.6. The van der Waals surface area contributed by atoms with Gasteiger partial charge in [-0.25, -0.2) is 0 Å². The molecule has 150 valence electrons. The van der Waals surface area contributed by atoms with Crippen LogP contribution in [0.25, 0.3) is 0 Å². The molecular weight excluding hydrogens is 364 g/mol. The number of aryl methyl sites for hydroxylation is 1. The first-order valence-corrected chi connectivity index (χ1v) is 9.00. The van der Waals surface area contributed by atoms with Gasteiger partial charge in [0.1, 0.15) is 24.0 Å². The van der Waals surface area contributed by atoms with Gasteiger partial charge >= 0.3 is 5.97 Å². The van der Waals surface area contributed by atoms with Crippen LogP contribution in [-0.4, -0.2) is 28.0 Å². The number of hydrogen-bond acceptors (Lipinski definition) is 6. The lowest BCUT2D eigenvalue weighted by molar-refractivity contribution is -0.141.